The molecule has 0 spiro atoms. The van der Waals surface area contributed by atoms with Crippen LogP contribution in [0.15, 0.2) is 27.7 Å². The van der Waals surface area contributed by atoms with Crippen LogP contribution in [-0.2, 0) is 6.42 Å². The molecule has 3 rings (SSSR count). The summed E-state index contributed by atoms with van der Waals surface area (Å²) in [5, 5.41) is 4.05. The highest BCUT2D eigenvalue weighted by molar-refractivity contribution is 5.96. The molecule has 0 unspecified atom stereocenters. The van der Waals surface area contributed by atoms with Gasteiger partial charge in [0.15, 0.2) is 0 Å². The Morgan fingerprint density at radius 2 is 2.20 bits per heavy atom. The van der Waals surface area contributed by atoms with E-state index in [2.05, 4.69) is 10.5 Å². The Kier molecular flexibility index (Phi) is 4.79. The third-order valence-electron chi connectivity index (χ3n) is 3.98. The minimum atomic E-state index is -0.311. The molecule has 1 amide bonds. The summed E-state index contributed by atoms with van der Waals surface area (Å²) in [6.45, 7) is 8.06. The highest BCUT2D eigenvalue weighted by Gasteiger charge is 2.21. The Balaban J connectivity index is 1.77. The molecule has 0 radical (unpaired) electrons. The molecule has 0 fully saturated rings. The van der Waals surface area contributed by atoms with Crippen molar-refractivity contribution in [2.45, 2.75) is 40.2 Å². The van der Waals surface area contributed by atoms with Gasteiger partial charge in [0.2, 0.25) is 0 Å². The van der Waals surface area contributed by atoms with Crippen molar-refractivity contribution in [3.63, 3.8) is 0 Å². The number of ether oxygens (including phenoxy) is 2. The molecule has 132 valence electrons. The van der Waals surface area contributed by atoms with Crippen molar-refractivity contribution in [2.24, 2.45) is 5.10 Å². The molecule has 1 aliphatic rings. The summed E-state index contributed by atoms with van der Waals surface area (Å²) < 4.78 is 16.8. The maximum absolute atomic E-state index is 12.2. The first kappa shape index (κ1) is 17.1. The van der Waals surface area contributed by atoms with Gasteiger partial charge in [-0.05, 0) is 45.9 Å². The van der Waals surface area contributed by atoms with Crippen molar-refractivity contribution in [1.29, 1.82) is 0 Å². The summed E-state index contributed by atoms with van der Waals surface area (Å²) in [6, 6.07) is 5.57. The van der Waals surface area contributed by atoms with Crippen LogP contribution in [0.25, 0.3) is 0 Å². The van der Waals surface area contributed by atoms with Gasteiger partial charge in [0.25, 0.3) is 5.91 Å². The van der Waals surface area contributed by atoms with E-state index in [1.807, 2.05) is 26.0 Å². The van der Waals surface area contributed by atoms with Crippen molar-refractivity contribution in [3.8, 4) is 11.5 Å². The summed E-state index contributed by atoms with van der Waals surface area (Å²) in [7, 11) is 0. The number of rotatable bonds is 5. The molecule has 1 aromatic heterocycles. The number of hydrogen-bond acceptors (Lipinski definition) is 5. The van der Waals surface area contributed by atoms with Crippen LogP contribution in [0, 0.1) is 13.8 Å². The lowest BCUT2D eigenvalue weighted by Crippen LogP contribution is -2.17. The zero-order valence-electron chi connectivity index (χ0n) is 14.9. The van der Waals surface area contributed by atoms with E-state index >= 15 is 0 Å². The van der Waals surface area contributed by atoms with Gasteiger partial charge in [0, 0.05) is 17.5 Å². The number of nitrogens with one attached hydrogen (secondary N) is 1. The predicted molar refractivity (Wildman–Crippen MR) is 94.6 cm³/mol. The standard InChI is InChI=1S/C19H22N2O4/c1-5-23-17-8-14-6-11(2)25-18(14)9-15(17)10-20-21-19(22)16-7-12(3)24-13(16)4/h7-11H,5-6H2,1-4H3,(H,21,22)/b20-10-/t11-/m0/s1. The molecule has 6 heteroatoms. The summed E-state index contributed by atoms with van der Waals surface area (Å²) in [5.41, 5.74) is 4.89. The molecule has 0 saturated heterocycles. The zero-order chi connectivity index (χ0) is 18.0. The number of furan rings is 1. The predicted octanol–water partition coefficient (Wildman–Crippen LogP) is 3.38. The van der Waals surface area contributed by atoms with Gasteiger partial charge >= 0.3 is 0 Å². The van der Waals surface area contributed by atoms with E-state index in [1.54, 1.807) is 26.1 Å². The molecule has 1 N–H and O–H groups in total. The zero-order valence-corrected chi connectivity index (χ0v) is 14.9. The van der Waals surface area contributed by atoms with Crippen molar-refractivity contribution in [1.82, 2.24) is 5.43 Å². The topological polar surface area (TPSA) is 73.1 Å². The molecule has 1 aliphatic heterocycles. The summed E-state index contributed by atoms with van der Waals surface area (Å²) in [5.74, 6) is 2.52. The van der Waals surface area contributed by atoms with E-state index in [0.717, 1.165) is 29.0 Å². The number of benzene rings is 1. The molecule has 1 atom stereocenters. The Bertz CT molecular complexity index is 823. The van der Waals surface area contributed by atoms with E-state index in [4.69, 9.17) is 13.9 Å². The summed E-state index contributed by atoms with van der Waals surface area (Å²) >= 11 is 0. The average Bonchev–Trinajstić information content (AvgIpc) is 3.08. The van der Waals surface area contributed by atoms with Gasteiger partial charge in [-0.15, -0.1) is 0 Å². The van der Waals surface area contributed by atoms with Crippen molar-refractivity contribution in [3.05, 3.63) is 46.4 Å². The van der Waals surface area contributed by atoms with Crippen LogP contribution < -0.4 is 14.9 Å². The summed E-state index contributed by atoms with van der Waals surface area (Å²) in [6.07, 6.45) is 2.59. The van der Waals surface area contributed by atoms with Gasteiger partial charge in [0.05, 0.1) is 18.4 Å². The van der Waals surface area contributed by atoms with Crippen LogP contribution in [0.2, 0.25) is 0 Å². The monoisotopic (exact) mass is 342 g/mol. The van der Waals surface area contributed by atoms with Gasteiger partial charge in [-0.2, -0.15) is 5.10 Å². The normalized spacial score (nSPS) is 15.9. The van der Waals surface area contributed by atoms with Gasteiger partial charge in [0.1, 0.15) is 29.1 Å². The maximum Gasteiger partial charge on any atom is 0.274 e. The molecule has 0 saturated carbocycles. The average molecular weight is 342 g/mol. The van der Waals surface area contributed by atoms with Crippen LogP contribution >= 0.6 is 0 Å². The van der Waals surface area contributed by atoms with Crippen LogP contribution in [0.1, 0.15) is 46.9 Å². The molecule has 0 aliphatic carbocycles. The first-order valence-corrected chi connectivity index (χ1v) is 8.34. The highest BCUT2D eigenvalue weighted by atomic mass is 16.5. The molecular weight excluding hydrogens is 320 g/mol. The molecule has 6 nitrogen and oxygen atoms in total. The first-order valence-electron chi connectivity index (χ1n) is 8.34. The second kappa shape index (κ2) is 7.01. The fourth-order valence-electron chi connectivity index (χ4n) is 2.91. The van der Waals surface area contributed by atoms with Crippen LogP contribution in [0.4, 0.5) is 0 Å². The van der Waals surface area contributed by atoms with Gasteiger partial charge < -0.3 is 13.9 Å². The number of hydrogen-bond donors (Lipinski definition) is 1. The third-order valence-corrected chi connectivity index (χ3v) is 3.98. The molecule has 1 aromatic carbocycles. The van der Waals surface area contributed by atoms with Gasteiger partial charge in [-0.1, -0.05) is 0 Å². The smallest absolute Gasteiger partial charge is 0.274 e. The fourth-order valence-corrected chi connectivity index (χ4v) is 2.91. The van der Waals surface area contributed by atoms with Gasteiger partial charge in [-0.3, -0.25) is 4.79 Å². The van der Waals surface area contributed by atoms with Crippen molar-refractivity contribution >= 4 is 12.1 Å². The SMILES string of the molecule is CCOc1cc2c(cc1/C=N\NC(=O)c1cc(C)oc1C)O[C@@H](C)C2. The number of amides is 1. The number of hydrazone groups is 1. The second-order valence-electron chi connectivity index (χ2n) is 6.09. The number of aryl methyl sites for hydroxylation is 2. The third kappa shape index (κ3) is 3.68. The highest BCUT2D eigenvalue weighted by Crippen LogP contribution is 2.34. The minimum absolute atomic E-state index is 0.156. The molecule has 0 bridgehead atoms. The van der Waals surface area contributed by atoms with Crippen molar-refractivity contribution < 1.29 is 18.7 Å². The Morgan fingerprint density at radius 3 is 2.88 bits per heavy atom. The first-order chi connectivity index (χ1) is 12.0. The number of fused-ring (bicyclic) bond motifs is 1. The molecule has 2 aromatic rings. The Labute approximate surface area is 146 Å². The minimum Gasteiger partial charge on any atom is -0.493 e. The quantitative estimate of drug-likeness (QED) is 0.668. The molecular formula is C19H22N2O4. The lowest BCUT2D eigenvalue weighted by molar-refractivity contribution is 0.0953. The fraction of sp³-hybridized carbons (Fsp3) is 0.368. The number of carbonyl (C=O) groups is 1. The van der Waals surface area contributed by atoms with Crippen molar-refractivity contribution in [2.75, 3.05) is 6.61 Å². The van der Waals surface area contributed by atoms with E-state index in [1.165, 1.54) is 0 Å². The maximum atomic E-state index is 12.2. The Hall–Kier alpha value is -2.76. The second-order valence-corrected chi connectivity index (χ2v) is 6.09. The van der Waals surface area contributed by atoms with E-state index in [0.29, 0.717) is 23.7 Å². The van der Waals surface area contributed by atoms with E-state index < -0.39 is 0 Å². The molecule has 25 heavy (non-hydrogen) atoms. The van der Waals surface area contributed by atoms with Crippen LogP contribution in [0.3, 0.4) is 0 Å². The van der Waals surface area contributed by atoms with Crippen LogP contribution in [0.5, 0.6) is 11.5 Å². The van der Waals surface area contributed by atoms with E-state index in [9.17, 15) is 4.79 Å². The van der Waals surface area contributed by atoms with Gasteiger partial charge in [-0.25, -0.2) is 5.43 Å². The lowest BCUT2D eigenvalue weighted by atomic mass is 10.1. The van der Waals surface area contributed by atoms with E-state index in [-0.39, 0.29) is 12.0 Å². The van der Waals surface area contributed by atoms with Crippen LogP contribution in [-0.4, -0.2) is 24.8 Å². The lowest BCUT2D eigenvalue weighted by Gasteiger charge is -2.09. The number of nitrogens with zero attached hydrogens (tertiary/aromatic N) is 1. The summed E-state index contributed by atoms with van der Waals surface area (Å²) in [4.78, 5) is 12.2. The number of carbonyl (C=O) groups excluding carboxylic acids is 1. The largest absolute Gasteiger partial charge is 0.493 e. The molecule has 2 heterocycles. The Morgan fingerprint density at radius 1 is 1.40 bits per heavy atom.